The summed E-state index contributed by atoms with van der Waals surface area (Å²) in [4.78, 5) is 13.5. The topological polar surface area (TPSA) is 20.3 Å². The molecule has 1 amide bonds. The van der Waals surface area contributed by atoms with Gasteiger partial charge in [0.1, 0.15) is 0 Å². The van der Waals surface area contributed by atoms with Crippen molar-refractivity contribution in [2.75, 3.05) is 13.1 Å². The van der Waals surface area contributed by atoms with Crippen LogP contribution in [0.4, 0.5) is 13.2 Å². The third-order valence-corrected chi connectivity index (χ3v) is 4.58. The number of carbonyl (C=O) groups is 1. The number of carbonyl (C=O) groups excluding carboxylic acids is 1. The molecule has 1 unspecified atom stereocenters. The molecule has 21 heavy (non-hydrogen) atoms. The van der Waals surface area contributed by atoms with Crippen molar-refractivity contribution < 1.29 is 18.0 Å². The van der Waals surface area contributed by atoms with Crippen molar-refractivity contribution in [3.8, 4) is 0 Å². The van der Waals surface area contributed by atoms with E-state index in [-0.39, 0.29) is 25.3 Å². The molecule has 6 heteroatoms. The van der Waals surface area contributed by atoms with Crippen molar-refractivity contribution in [3.05, 3.63) is 34.3 Å². The quantitative estimate of drug-likeness (QED) is 0.788. The van der Waals surface area contributed by atoms with Crippen molar-refractivity contribution >= 4 is 21.8 Å². The fraction of sp³-hybridized carbons (Fsp3) is 0.533. The highest BCUT2D eigenvalue weighted by Crippen LogP contribution is 2.33. The molecule has 0 aliphatic carbocycles. The van der Waals surface area contributed by atoms with Crippen molar-refractivity contribution in [1.29, 1.82) is 0 Å². The van der Waals surface area contributed by atoms with Gasteiger partial charge < -0.3 is 4.90 Å². The van der Waals surface area contributed by atoms with E-state index in [4.69, 9.17) is 0 Å². The number of hydrogen-bond acceptors (Lipinski definition) is 1. The summed E-state index contributed by atoms with van der Waals surface area (Å²) in [6.07, 6.45) is -2.88. The number of aryl methyl sites for hydroxylation is 1. The SMILES string of the molecule is O=C(CCc1ccccc1Br)N1CCCC(C(F)(F)F)C1. The van der Waals surface area contributed by atoms with E-state index in [0.717, 1.165) is 10.0 Å². The second-order valence-electron chi connectivity index (χ2n) is 5.31. The van der Waals surface area contributed by atoms with E-state index in [1.165, 1.54) is 4.90 Å². The molecule has 1 aromatic carbocycles. The van der Waals surface area contributed by atoms with Crippen molar-refractivity contribution in [2.24, 2.45) is 5.92 Å². The minimum Gasteiger partial charge on any atom is -0.342 e. The summed E-state index contributed by atoms with van der Waals surface area (Å²) in [6, 6.07) is 7.56. The third kappa shape index (κ3) is 4.46. The summed E-state index contributed by atoms with van der Waals surface area (Å²) in [5, 5.41) is 0. The lowest BCUT2D eigenvalue weighted by molar-refractivity contribution is -0.188. The van der Waals surface area contributed by atoms with E-state index in [1.54, 1.807) is 0 Å². The number of benzene rings is 1. The number of alkyl halides is 3. The third-order valence-electron chi connectivity index (χ3n) is 3.80. The predicted octanol–water partition coefficient (Wildman–Crippen LogP) is 4.18. The van der Waals surface area contributed by atoms with Gasteiger partial charge in [-0.1, -0.05) is 34.1 Å². The Morgan fingerprint density at radius 3 is 2.71 bits per heavy atom. The normalized spacial score (nSPS) is 19.6. The Balaban J connectivity index is 1.90. The lowest BCUT2D eigenvalue weighted by atomic mass is 9.97. The Morgan fingerprint density at radius 1 is 1.33 bits per heavy atom. The van der Waals surface area contributed by atoms with Crippen LogP contribution in [0, 0.1) is 5.92 Å². The van der Waals surface area contributed by atoms with E-state index in [9.17, 15) is 18.0 Å². The first-order valence-electron chi connectivity index (χ1n) is 6.96. The van der Waals surface area contributed by atoms with Crippen LogP contribution in [0.2, 0.25) is 0 Å². The Labute approximate surface area is 130 Å². The van der Waals surface area contributed by atoms with E-state index in [0.29, 0.717) is 19.4 Å². The van der Waals surface area contributed by atoms with Gasteiger partial charge in [-0.3, -0.25) is 4.79 Å². The van der Waals surface area contributed by atoms with Crippen molar-refractivity contribution in [1.82, 2.24) is 4.90 Å². The van der Waals surface area contributed by atoms with Gasteiger partial charge in [0.2, 0.25) is 5.91 Å². The van der Waals surface area contributed by atoms with Crippen LogP contribution in [-0.4, -0.2) is 30.1 Å². The predicted molar refractivity (Wildman–Crippen MR) is 77.8 cm³/mol. The van der Waals surface area contributed by atoms with E-state index in [2.05, 4.69) is 15.9 Å². The summed E-state index contributed by atoms with van der Waals surface area (Å²) in [6.45, 7) is 0.236. The molecule has 1 saturated heterocycles. The first-order valence-corrected chi connectivity index (χ1v) is 7.75. The number of likely N-dealkylation sites (tertiary alicyclic amines) is 1. The molecule has 116 valence electrons. The molecular weight excluding hydrogens is 347 g/mol. The molecule has 1 aromatic rings. The van der Waals surface area contributed by atoms with Gasteiger partial charge in [-0.05, 0) is 30.9 Å². The smallest absolute Gasteiger partial charge is 0.342 e. The molecule has 1 atom stereocenters. The average molecular weight is 364 g/mol. The average Bonchev–Trinajstić information content (AvgIpc) is 2.45. The van der Waals surface area contributed by atoms with E-state index >= 15 is 0 Å². The van der Waals surface area contributed by atoms with Gasteiger partial charge >= 0.3 is 6.18 Å². The highest BCUT2D eigenvalue weighted by Gasteiger charge is 2.42. The molecule has 2 rings (SSSR count). The standard InChI is InChI=1S/C15H17BrF3NO/c16-13-6-2-1-4-11(13)7-8-14(21)20-9-3-5-12(10-20)15(17,18)19/h1-2,4,6,12H,3,5,7-10H2. The van der Waals surface area contributed by atoms with Crippen molar-refractivity contribution in [3.63, 3.8) is 0 Å². The lowest BCUT2D eigenvalue weighted by Gasteiger charge is -2.33. The zero-order valence-corrected chi connectivity index (χ0v) is 13.1. The lowest BCUT2D eigenvalue weighted by Crippen LogP contribution is -2.44. The molecule has 0 spiro atoms. The molecule has 1 heterocycles. The zero-order chi connectivity index (χ0) is 15.5. The van der Waals surface area contributed by atoms with Gasteiger partial charge in [0, 0.05) is 24.0 Å². The molecule has 1 aliphatic heterocycles. The number of nitrogens with zero attached hydrogens (tertiary/aromatic N) is 1. The molecule has 0 N–H and O–H groups in total. The largest absolute Gasteiger partial charge is 0.393 e. The minimum absolute atomic E-state index is 0.123. The summed E-state index contributed by atoms with van der Waals surface area (Å²) in [5.41, 5.74) is 0.996. The van der Waals surface area contributed by atoms with Crippen LogP contribution in [0.1, 0.15) is 24.8 Å². The second kappa shape index (κ2) is 6.81. The highest BCUT2D eigenvalue weighted by molar-refractivity contribution is 9.10. The van der Waals surface area contributed by atoms with Crippen LogP contribution < -0.4 is 0 Å². The maximum Gasteiger partial charge on any atom is 0.393 e. The van der Waals surface area contributed by atoms with Gasteiger partial charge in [0.25, 0.3) is 0 Å². The fourth-order valence-corrected chi connectivity index (χ4v) is 3.05. The summed E-state index contributed by atoms with van der Waals surface area (Å²) in [7, 11) is 0. The monoisotopic (exact) mass is 363 g/mol. The molecule has 1 aliphatic rings. The molecule has 1 fully saturated rings. The zero-order valence-electron chi connectivity index (χ0n) is 11.5. The van der Waals surface area contributed by atoms with Crippen LogP contribution in [0.5, 0.6) is 0 Å². The first kappa shape index (κ1) is 16.3. The fourth-order valence-electron chi connectivity index (χ4n) is 2.57. The van der Waals surface area contributed by atoms with E-state index < -0.39 is 12.1 Å². The molecule has 0 radical (unpaired) electrons. The van der Waals surface area contributed by atoms with Gasteiger partial charge in [-0.25, -0.2) is 0 Å². The maximum absolute atomic E-state index is 12.7. The molecule has 2 nitrogen and oxygen atoms in total. The number of piperidine rings is 1. The summed E-state index contributed by atoms with van der Waals surface area (Å²) >= 11 is 3.40. The Hall–Kier alpha value is -1.04. The second-order valence-corrected chi connectivity index (χ2v) is 6.17. The van der Waals surface area contributed by atoms with Crippen LogP contribution in [0.3, 0.4) is 0 Å². The summed E-state index contributed by atoms with van der Waals surface area (Å²) in [5.74, 6) is -1.57. The van der Waals surface area contributed by atoms with Crippen LogP contribution in [-0.2, 0) is 11.2 Å². The summed E-state index contributed by atoms with van der Waals surface area (Å²) < 4.78 is 39.1. The van der Waals surface area contributed by atoms with Crippen LogP contribution >= 0.6 is 15.9 Å². The van der Waals surface area contributed by atoms with Gasteiger partial charge in [0.05, 0.1) is 5.92 Å². The Kier molecular flexibility index (Phi) is 5.30. The highest BCUT2D eigenvalue weighted by atomic mass is 79.9. The van der Waals surface area contributed by atoms with Crippen LogP contribution in [0.25, 0.3) is 0 Å². The van der Waals surface area contributed by atoms with Crippen LogP contribution in [0.15, 0.2) is 28.7 Å². The number of hydrogen-bond donors (Lipinski definition) is 0. The number of rotatable bonds is 3. The molecule has 0 aromatic heterocycles. The van der Waals surface area contributed by atoms with Gasteiger partial charge in [-0.2, -0.15) is 13.2 Å². The molecular formula is C15H17BrF3NO. The Bertz CT molecular complexity index is 504. The van der Waals surface area contributed by atoms with Gasteiger partial charge in [0.15, 0.2) is 0 Å². The molecule has 0 bridgehead atoms. The first-order chi connectivity index (χ1) is 9.88. The Morgan fingerprint density at radius 2 is 2.05 bits per heavy atom. The number of halogens is 4. The van der Waals surface area contributed by atoms with E-state index in [1.807, 2.05) is 24.3 Å². The number of amides is 1. The maximum atomic E-state index is 12.7. The van der Waals surface area contributed by atoms with Gasteiger partial charge in [-0.15, -0.1) is 0 Å². The molecule has 0 saturated carbocycles. The van der Waals surface area contributed by atoms with Crippen molar-refractivity contribution in [2.45, 2.75) is 31.9 Å². The minimum atomic E-state index is -4.21.